The number of benzene rings is 1. The molecular formula is C14H20N2O2. The van der Waals surface area contributed by atoms with Crippen molar-refractivity contribution < 1.29 is 9.90 Å². The van der Waals surface area contributed by atoms with Crippen LogP contribution in [0.25, 0.3) is 0 Å². The number of anilines is 1. The molecule has 0 aromatic heterocycles. The Kier molecular flexibility index (Phi) is 3.87. The van der Waals surface area contributed by atoms with E-state index in [1.54, 1.807) is 4.90 Å². The normalized spacial score (nSPS) is 21.0. The molecule has 98 valence electrons. The molecule has 2 atom stereocenters. The van der Waals surface area contributed by atoms with Crippen molar-refractivity contribution in [2.45, 2.75) is 31.7 Å². The number of aliphatic hydroxyl groups is 1. The fourth-order valence-corrected chi connectivity index (χ4v) is 2.54. The van der Waals surface area contributed by atoms with Gasteiger partial charge in [-0.15, -0.1) is 0 Å². The number of likely N-dealkylation sites (tertiary alicyclic amines) is 1. The van der Waals surface area contributed by atoms with Crippen molar-refractivity contribution in [1.82, 2.24) is 4.90 Å². The van der Waals surface area contributed by atoms with Crippen molar-refractivity contribution in [3.8, 4) is 0 Å². The number of aliphatic hydroxyl groups excluding tert-OH is 1. The minimum Gasteiger partial charge on any atom is -0.399 e. The second-order valence-electron chi connectivity index (χ2n) is 4.90. The number of nitrogen functional groups attached to an aromatic ring is 1. The summed E-state index contributed by atoms with van der Waals surface area (Å²) in [5.74, 6) is -0.127. The largest absolute Gasteiger partial charge is 0.399 e. The number of amides is 1. The Hall–Kier alpha value is -1.55. The molecule has 1 aromatic rings. The summed E-state index contributed by atoms with van der Waals surface area (Å²) in [6.45, 7) is 2.69. The molecule has 1 aliphatic heterocycles. The van der Waals surface area contributed by atoms with Gasteiger partial charge in [-0.2, -0.15) is 0 Å². The SMILES string of the molecule is CC(C(=O)N1CCC[C@H]1CO)c1cccc(N)c1. The van der Waals surface area contributed by atoms with Crippen LogP contribution in [0.1, 0.15) is 31.2 Å². The van der Waals surface area contributed by atoms with E-state index < -0.39 is 0 Å². The molecule has 1 unspecified atom stereocenters. The summed E-state index contributed by atoms with van der Waals surface area (Å²) in [5, 5.41) is 9.27. The zero-order valence-corrected chi connectivity index (χ0v) is 10.7. The maximum atomic E-state index is 12.4. The van der Waals surface area contributed by atoms with E-state index in [0.29, 0.717) is 5.69 Å². The van der Waals surface area contributed by atoms with Crippen LogP contribution in [-0.2, 0) is 4.79 Å². The van der Waals surface area contributed by atoms with Gasteiger partial charge in [-0.3, -0.25) is 4.79 Å². The van der Waals surface area contributed by atoms with Crippen LogP contribution in [0, 0.1) is 0 Å². The first-order valence-electron chi connectivity index (χ1n) is 6.40. The summed E-state index contributed by atoms with van der Waals surface area (Å²) >= 11 is 0. The van der Waals surface area contributed by atoms with Crippen LogP contribution in [0.15, 0.2) is 24.3 Å². The average molecular weight is 248 g/mol. The van der Waals surface area contributed by atoms with Crippen molar-refractivity contribution in [2.75, 3.05) is 18.9 Å². The molecule has 1 saturated heterocycles. The monoisotopic (exact) mass is 248 g/mol. The van der Waals surface area contributed by atoms with Crippen LogP contribution in [0.2, 0.25) is 0 Å². The highest BCUT2D eigenvalue weighted by Gasteiger charge is 2.31. The first kappa shape index (κ1) is 12.9. The van der Waals surface area contributed by atoms with Gasteiger partial charge in [0.25, 0.3) is 0 Å². The first-order chi connectivity index (χ1) is 8.63. The standard InChI is InChI=1S/C14H20N2O2/c1-10(11-4-2-5-12(15)8-11)14(18)16-7-3-6-13(16)9-17/h2,4-5,8,10,13,17H,3,6-7,9,15H2,1H3/t10?,13-/m0/s1. The Labute approximate surface area is 107 Å². The summed E-state index contributed by atoms with van der Waals surface area (Å²) < 4.78 is 0. The van der Waals surface area contributed by atoms with Gasteiger partial charge in [0.15, 0.2) is 0 Å². The van der Waals surface area contributed by atoms with E-state index in [-0.39, 0.29) is 24.5 Å². The predicted molar refractivity (Wildman–Crippen MR) is 71.1 cm³/mol. The van der Waals surface area contributed by atoms with Crippen LogP contribution >= 0.6 is 0 Å². The number of hydrogen-bond acceptors (Lipinski definition) is 3. The highest BCUT2D eigenvalue weighted by Crippen LogP contribution is 2.25. The highest BCUT2D eigenvalue weighted by atomic mass is 16.3. The molecule has 0 bridgehead atoms. The van der Waals surface area contributed by atoms with E-state index in [1.165, 1.54) is 0 Å². The minimum absolute atomic E-state index is 0.0130. The van der Waals surface area contributed by atoms with E-state index in [0.717, 1.165) is 24.9 Å². The maximum Gasteiger partial charge on any atom is 0.230 e. The van der Waals surface area contributed by atoms with Gasteiger partial charge in [0.1, 0.15) is 0 Å². The van der Waals surface area contributed by atoms with Crippen LogP contribution < -0.4 is 5.73 Å². The van der Waals surface area contributed by atoms with Crippen LogP contribution in [0.4, 0.5) is 5.69 Å². The molecule has 18 heavy (non-hydrogen) atoms. The lowest BCUT2D eigenvalue weighted by atomic mass is 9.99. The predicted octanol–water partition coefficient (Wildman–Crippen LogP) is 1.36. The summed E-state index contributed by atoms with van der Waals surface area (Å²) in [6, 6.07) is 7.42. The number of nitrogens with zero attached hydrogens (tertiary/aromatic N) is 1. The van der Waals surface area contributed by atoms with E-state index >= 15 is 0 Å². The number of nitrogens with two attached hydrogens (primary N) is 1. The molecule has 2 rings (SSSR count). The third-order valence-electron chi connectivity index (χ3n) is 3.65. The smallest absolute Gasteiger partial charge is 0.230 e. The number of carbonyl (C=O) groups excluding carboxylic acids is 1. The Bertz CT molecular complexity index is 434. The number of carbonyl (C=O) groups is 1. The van der Waals surface area contributed by atoms with Gasteiger partial charge in [-0.05, 0) is 37.5 Å². The Morgan fingerprint density at radius 2 is 2.39 bits per heavy atom. The minimum atomic E-state index is -0.208. The molecule has 3 N–H and O–H groups in total. The van der Waals surface area contributed by atoms with Gasteiger partial charge < -0.3 is 15.7 Å². The highest BCUT2D eigenvalue weighted by molar-refractivity contribution is 5.84. The van der Waals surface area contributed by atoms with Crippen molar-refractivity contribution in [2.24, 2.45) is 0 Å². The summed E-state index contributed by atoms with van der Waals surface area (Å²) in [4.78, 5) is 14.2. The van der Waals surface area contributed by atoms with E-state index in [9.17, 15) is 9.90 Å². The van der Waals surface area contributed by atoms with Crippen molar-refractivity contribution in [1.29, 1.82) is 0 Å². The molecule has 1 amide bonds. The van der Waals surface area contributed by atoms with Gasteiger partial charge in [-0.25, -0.2) is 0 Å². The molecule has 0 radical (unpaired) electrons. The Morgan fingerprint density at radius 3 is 3.06 bits per heavy atom. The molecule has 4 heteroatoms. The van der Waals surface area contributed by atoms with Crippen LogP contribution in [0.5, 0.6) is 0 Å². The zero-order chi connectivity index (χ0) is 13.1. The molecule has 0 aliphatic carbocycles. The van der Waals surface area contributed by atoms with Gasteiger partial charge in [-0.1, -0.05) is 12.1 Å². The van der Waals surface area contributed by atoms with Gasteiger partial charge in [0.2, 0.25) is 5.91 Å². The number of hydrogen-bond donors (Lipinski definition) is 2. The topological polar surface area (TPSA) is 66.6 Å². The lowest BCUT2D eigenvalue weighted by Gasteiger charge is -2.26. The van der Waals surface area contributed by atoms with Crippen molar-refractivity contribution in [3.63, 3.8) is 0 Å². The zero-order valence-electron chi connectivity index (χ0n) is 10.7. The van der Waals surface area contributed by atoms with E-state index in [2.05, 4.69) is 0 Å². The Balaban J connectivity index is 2.13. The third kappa shape index (κ3) is 2.48. The van der Waals surface area contributed by atoms with Crippen LogP contribution in [0.3, 0.4) is 0 Å². The van der Waals surface area contributed by atoms with Gasteiger partial charge in [0, 0.05) is 12.2 Å². The van der Waals surface area contributed by atoms with Crippen molar-refractivity contribution in [3.05, 3.63) is 29.8 Å². The van der Waals surface area contributed by atoms with E-state index in [1.807, 2.05) is 31.2 Å². The molecular weight excluding hydrogens is 228 g/mol. The fraction of sp³-hybridized carbons (Fsp3) is 0.500. The summed E-state index contributed by atoms with van der Waals surface area (Å²) in [5.41, 5.74) is 7.35. The van der Waals surface area contributed by atoms with Crippen LogP contribution in [-0.4, -0.2) is 35.1 Å². The molecule has 1 aliphatic rings. The fourth-order valence-electron chi connectivity index (χ4n) is 2.54. The quantitative estimate of drug-likeness (QED) is 0.794. The molecule has 1 aromatic carbocycles. The first-order valence-corrected chi connectivity index (χ1v) is 6.40. The summed E-state index contributed by atoms with van der Waals surface area (Å²) in [6.07, 6.45) is 1.87. The molecule has 1 heterocycles. The second-order valence-corrected chi connectivity index (χ2v) is 4.90. The molecule has 1 fully saturated rings. The average Bonchev–Trinajstić information content (AvgIpc) is 2.85. The Morgan fingerprint density at radius 1 is 1.61 bits per heavy atom. The molecule has 4 nitrogen and oxygen atoms in total. The second kappa shape index (κ2) is 5.40. The molecule has 0 spiro atoms. The van der Waals surface area contributed by atoms with Crippen molar-refractivity contribution >= 4 is 11.6 Å². The lowest BCUT2D eigenvalue weighted by molar-refractivity contribution is -0.133. The lowest BCUT2D eigenvalue weighted by Crippen LogP contribution is -2.39. The number of rotatable bonds is 3. The van der Waals surface area contributed by atoms with Gasteiger partial charge >= 0.3 is 0 Å². The van der Waals surface area contributed by atoms with Gasteiger partial charge in [0.05, 0.1) is 18.6 Å². The third-order valence-corrected chi connectivity index (χ3v) is 3.65. The molecule has 0 saturated carbocycles. The van der Waals surface area contributed by atoms with E-state index in [4.69, 9.17) is 5.73 Å². The summed E-state index contributed by atoms with van der Waals surface area (Å²) in [7, 11) is 0. The maximum absolute atomic E-state index is 12.4.